The lowest BCUT2D eigenvalue weighted by Crippen LogP contribution is -2.40. The second kappa shape index (κ2) is 5.61. The van der Waals surface area contributed by atoms with Gasteiger partial charge in [-0.15, -0.1) is 0 Å². The van der Waals surface area contributed by atoms with Crippen molar-refractivity contribution in [2.24, 2.45) is 5.16 Å². The van der Waals surface area contributed by atoms with Gasteiger partial charge in [0.2, 0.25) is 0 Å². The molecule has 4 heteroatoms. The van der Waals surface area contributed by atoms with Crippen LogP contribution in [-0.2, 0) is 4.74 Å². The average molecular weight is 260 g/mol. The van der Waals surface area contributed by atoms with E-state index in [1.165, 1.54) is 12.8 Å². The van der Waals surface area contributed by atoms with Gasteiger partial charge in [0.15, 0.2) is 0 Å². The summed E-state index contributed by atoms with van der Waals surface area (Å²) in [4.78, 5) is 2.36. The monoisotopic (exact) mass is 260 g/mol. The minimum absolute atomic E-state index is 0.342. The number of nitrogens with zero attached hydrogens (tertiary/aromatic N) is 2. The van der Waals surface area contributed by atoms with E-state index in [1.807, 2.05) is 18.2 Å². The summed E-state index contributed by atoms with van der Waals surface area (Å²) < 4.78 is 5.83. The van der Waals surface area contributed by atoms with E-state index in [1.54, 1.807) is 0 Å². The van der Waals surface area contributed by atoms with Crippen molar-refractivity contribution in [3.8, 4) is 0 Å². The van der Waals surface area contributed by atoms with Gasteiger partial charge in [-0.1, -0.05) is 23.4 Å². The molecule has 0 amide bonds. The number of oxime groups is 1. The van der Waals surface area contributed by atoms with Gasteiger partial charge in [0.1, 0.15) is 0 Å². The standard InChI is InChI=1S/C15H20N2O2/c18-16-14-8-9-17(11-12-5-3-4-10-19-12)15-7-2-1-6-13(14)15/h1-2,6-7,12,18H,3-5,8-11H2. The minimum atomic E-state index is 0.342. The van der Waals surface area contributed by atoms with Gasteiger partial charge in [-0.05, 0) is 25.3 Å². The molecule has 2 aliphatic rings. The van der Waals surface area contributed by atoms with Crippen LogP contribution in [0.5, 0.6) is 0 Å². The summed E-state index contributed by atoms with van der Waals surface area (Å²) in [5, 5.41) is 12.5. The maximum Gasteiger partial charge on any atom is 0.0906 e. The fourth-order valence-corrected chi connectivity index (χ4v) is 2.98. The molecule has 1 saturated heterocycles. The largest absolute Gasteiger partial charge is 0.411 e. The quantitative estimate of drug-likeness (QED) is 0.657. The zero-order chi connectivity index (χ0) is 13.1. The fraction of sp³-hybridized carbons (Fsp3) is 0.533. The average Bonchev–Trinajstić information content (AvgIpc) is 2.49. The molecule has 1 fully saturated rings. The summed E-state index contributed by atoms with van der Waals surface area (Å²) in [6.45, 7) is 2.73. The van der Waals surface area contributed by atoms with Crippen molar-refractivity contribution in [3.63, 3.8) is 0 Å². The van der Waals surface area contributed by atoms with Gasteiger partial charge >= 0.3 is 0 Å². The highest BCUT2D eigenvalue weighted by Gasteiger charge is 2.25. The maximum absolute atomic E-state index is 9.09. The van der Waals surface area contributed by atoms with Crippen molar-refractivity contribution in [2.45, 2.75) is 31.8 Å². The van der Waals surface area contributed by atoms with E-state index >= 15 is 0 Å². The summed E-state index contributed by atoms with van der Waals surface area (Å²) in [6, 6.07) is 8.15. The molecular formula is C15H20N2O2. The summed E-state index contributed by atoms with van der Waals surface area (Å²) >= 11 is 0. The molecule has 3 rings (SSSR count). The lowest BCUT2D eigenvalue weighted by molar-refractivity contribution is 0.0210. The summed E-state index contributed by atoms with van der Waals surface area (Å²) in [5.74, 6) is 0. The number of hydrogen-bond donors (Lipinski definition) is 1. The third-order valence-corrected chi connectivity index (χ3v) is 3.99. The van der Waals surface area contributed by atoms with Crippen molar-refractivity contribution in [1.82, 2.24) is 0 Å². The van der Waals surface area contributed by atoms with Crippen molar-refractivity contribution in [1.29, 1.82) is 0 Å². The van der Waals surface area contributed by atoms with Crippen LogP contribution in [0.2, 0.25) is 0 Å². The molecule has 0 radical (unpaired) electrons. The number of para-hydroxylation sites is 1. The fourth-order valence-electron chi connectivity index (χ4n) is 2.98. The molecule has 0 saturated carbocycles. The van der Waals surface area contributed by atoms with E-state index in [-0.39, 0.29) is 0 Å². The van der Waals surface area contributed by atoms with Gasteiger partial charge in [-0.25, -0.2) is 0 Å². The molecule has 0 aromatic heterocycles. The van der Waals surface area contributed by atoms with Crippen molar-refractivity contribution in [3.05, 3.63) is 29.8 Å². The Kier molecular flexibility index (Phi) is 3.69. The Hall–Kier alpha value is -1.55. The Balaban J connectivity index is 1.79. The van der Waals surface area contributed by atoms with E-state index < -0.39 is 0 Å². The molecule has 2 heterocycles. The topological polar surface area (TPSA) is 45.1 Å². The van der Waals surface area contributed by atoms with E-state index in [0.717, 1.165) is 49.5 Å². The second-order valence-electron chi connectivity index (χ2n) is 5.25. The smallest absolute Gasteiger partial charge is 0.0906 e. The number of ether oxygens (including phenoxy) is 1. The summed E-state index contributed by atoms with van der Waals surface area (Å²) in [6.07, 6.45) is 4.74. The van der Waals surface area contributed by atoms with Gasteiger partial charge in [-0.3, -0.25) is 0 Å². The van der Waals surface area contributed by atoms with Crippen LogP contribution in [0.15, 0.2) is 29.4 Å². The van der Waals surface area contributed by atoms with Crippen molar-refractivity contribution in [2.75, 3.05) is 24.6 Å². The molecule has 102 valence electrons. The van der Waals surface area contributed by atoms with Gasteiger partial charge in [0.25, 0.3) is 0 Å². The van der Waals surface area contributed by atoms with Gasteiger partial charge < -0.3 is 14.8 Å². The van der Waals surface area contributed by atoms with Gasteiger partial charge in [0.05, 0.1) is 11.8 Å². The molecular weight excluding hydrogens is 240 g/mol. The van der Waals surface area contributed by atoms with E-state index in [9.17, 15) is 0 Å². The number of hydrogen-bond acceptors (Lipinski definition) is 4. The zero-order valence-corrected chi connectivity index (χ0v) is 11.1. The predicted molar refractivity (Wildman–Crippen MR) is 75.2 cm³/mol. The highest BCUT2D eigenvalue weighted by molar-refractivity contribution is 6.06. The highest BCUT2D eigenvalue weighted by atomic mass is 16.5. The molecule has 1 atom stereocenters. The Bertz CT molecular complexity index is 467. The van der Waals surface area contributed by atoms with Crippen LogP contribution in [0.25, 0.3) is 0 Å². The first-order valence-electron chi connectivity index (χ1n) is 7.05. The molecule has 0 spiro atoms. The first-order valence-corrected chi connectivity index (χ1v) is 7.05. The number of fused-ring (bicyclic) bond motifs is 1. The van der Waals surface area contributed by atoms with E-state index in [2.05, 4.69) is 16.1 Å². The first kappa shape index (κ1) is 12.5. The predicted octanol–water partition coefficient (Wildman–Crippen LogP) is 2.64. The van der Waals surface area contributed by atoms with Crippen LogP contribution in [0, 0.1) is 0 Å². The van der Waals surface area contributed by atoms with Gasteiger partial charge in [-0.2, -0.15) is 0 Å². The van der Waals surface area contributed by atoms with E-state index in [4.69, 9.17) is 9.94 Å². The molecule has 19 heavy (non-hydrogen) atoms. The minimum Gasteiger partial charge on any atom is -0.411 e. The Labute approximate surface area is 113 Å². The van der Waals surface area contributed by atoms with E-state index in [0.29, 0.717) is 6.10 Å². The number of anilines is 1. The Morgan fingerprint density at radius 3 is 3.00 bits per heavy atom. The third kappa shape index (κ3) is 2.59. The highest BCUT2D eigenvalue weighted by Crippen LogP contribution is 2.28. The molecule has 2 aliphatic heterocycles. The third-order valence-electron chi connectivity index (χ3n) is 3.99. The SMILES string of the molecule is ON=C1CCN(CC2CCCCO2)c2ccccc21. The Morgan fingerprint density at radius 2 is 2.21 bits per heavy atom. The summed E-state index contributed by atoms with van der Waals surface area (Å²) in [5.41, 5.74) is 3.00. The van der Waals surface area contributed by atoms with Crippen LogP contribution < -0.4 is 4.90 Å². The van der Waals surface area contributed by atoms with Crippen LogP contribution in [0.1, 0.15) is 31.2 Å². The normalized spacial score (nSPS) is 25.4. The molecule has 4 nitrogen and oxygen atoms in total. The molecule has 1 aromatic carbocycles. The van der Waals surface area contributed by atoms with Crippen molar-refractivity contribution >= 4 is 11.4 Å². The lowest BCUT2D eigenvalue weighted by atomic mass is 9.98. The Morgan fingerprint density at radius 1 is 1.32 bits per heavy atom. The maximum atomic E-state index is 9.09. The van der Waals surface area contributed by atoms with Gasteiger partial charge in [0, 0.05) is 37.4 Å². The zero-order valence-electron chi connectivity index (χ0n) is 11.1. The van der Waals surface area contributed by atoms with Crippen LogP contribution in [-0.4, -0.2) is 36.7 Å². The second-order valence-corrected chi connectivity index (χ2v) is 5.25. The summed E-state index contributed by atoms with van der Waals surface area (Å²) in [7, 11) is 0. The number of rotatable bonds is 2. The van der Waals surface area contributed by atoms with Crippen LogP contribution >= 0.6 is 0 Å². The molecule has 1 N–H and O–H groups in total. The van der Waals surface area contributed by atoms with Crippen LogP contribution in [0.4, 0.5) is 5.69 Å². The molecule has 0 bridgehead atoms. The first-order chi connectivity index (χ1) is 9.38. The lowest BCUT2D eigenvalue weighted by Gasteiger charge is -2.35. The molecule has 1 unspecified atom stereocenters. The molecule has 1 aromatic rings. The molecule has 0 aliphatic carbocycles. The van der Waals surface area contributed by atoms with Crippen molar-refractivity contribution < 1.29 is 9.94 Å². The van der Waals surface area contributed by atoms with Crippen LogP contribution in [0.3, 0.4) is 0 Å². The number of benzene rings is 1.